The molecule has 9 heteroatoms. The highest BCUT2D eigenvalue weighted by Gasteiger charge is 2.74. The Bertz CT molecular complexity index is 1310. The molecule has 1 N–H and O–H groups in total. The van der Waals surface area contributed by atoms with Crippen molar-refractivity contribution >= 4 is 46.7 Å². The molecule has 2 aromatic carbocycles. The number of benzene rings is 2. The minimum Gasteiger partial charge on any atom is -0.462 e. The summed E-state index contributed by atoms with van der Waals surface area (Å²) in [6, 6.07) is 9.57. The Morgan fingerprint density at radius 1 is 1.17 bits per heavy atom. The molecular weight excluding hydrogens is 470 g/mol. The number of carbonyl (C=O) groups excluding carboxylic acids is 4. The van der Waals surface area contributed by atoms with E-state index in [4.69, 9.17) is 16.3 Å². The lowest BCUT2D eigenvalue weighted by Gasteiger charge is -2.36. The predicted molar refractivity (Wildman–Crippen MR) is 128 cm³/mol. The van der Waals surface area contributed by atoms with Gasteiger partial charge < -0.3 is 10.1 Å². The molecule has 0 aliphatic carbocycles. The second-order valence-electron chi connectivity index (χ2n) is 9.55. The van der Waals surface area contributed by atoms with Gasteiger partial charge in [0.05, 0.1) is 29.7 Å². The Kier molecular flexibility index (Phi) is 4.85. The monoisotopic (exact) mass is 493 g/mol. The molecule has 4 aliphatic heterocycles. The molecule has 1 spiro atoms. The van der Waals surface area contributed by atoms with Crippen molar-refractivity contribution in [2.24, 2.45) is 11.8 Å². The highest BCUT2D eigenvalue weighted by Crippen LogP contribution is 2.61. The largest absolute Gasteiger partial charge is 0.462 e. The lowest BCUT2D eigenvalue weighted by molar-refractivity contribution is -0.135. The minimum atomic E-state index is -1.27. The number of hydrogen-bond acceptors (Lipinski definition) is 6. The molecule has 0 unspecified atom stereocenters. The SMILES string of the molecule is CCOC(=O)c1ccc(N2C(=O)[C@@H]3[C@@H]4CCCN4[C@@]4(C(=O)Nc5c(C)cc(Cl)cc54)[C@H]3C2=O)cc1. The lowest BCUT2D eigenvalue weighted by atomic mass is 9.75. The first-order valence-corrected chi connectivity index (χ1v) is 12.2. The van der Waals surface area contributed by atoms with Crippen molar-refractivity contribution in [3.8, 4) is 0 Å². The predicted octanol–water partition coefficient (Wildman–Crippen LogP) is 3.26. The summed E-state index contributed by atoms with van der Waals surface area (Å²) in [6.07, 6.45) is 1.58. The molecule has 0 saturated carbocycles. The van der Waals surface area contributed by atoms with Gasteiger partial charge in [0, 0.05) is 22.3 Å². The zero-order valence-corrected chi connectivity index (χ0v) is 20.1. The Morgan fingerprint density at radius 3 is 2.63 bits per heavy atom. The summed E-state index contributed by atoms with van der Waals surface area (Å²) in [4.78, 5) is 56.8. The summed E-state index contributed by atoms with van der Waals surface area (Å²) < 4.78 is 5.02. The van der Waals surface area contributed by atoms with Crippen LogP contribution in [-0.4, -0.2) is 47.8 Å². The van der Waals surface area contributed by atoms with Crippen molar-refractivity contribution in [3.05, 3.63) is 58.1 Å². The molecule has 0 radical (unpaired) electrons. The maximum Gasteiger partial charge on any atom is 0.338 e. The molecule has 2 aromatic rings. The number of halogens is 1. The van der Waals surface area contributed by atoms with Crippen LogP contribution in [0.5, 0.6) is 0 Å². The molecule has 3 amide bonds. The third-order valence-corrected chi connectivity index (χ3v) is 8.12. The van der Waals surface area contributed by atoms with E-state index in [2.05, 4.69) is 10.2 Å². The van der Waals surface area contributed by atoms with E-state index in [9.17, 15) is 19.2 Å². The summed E-state index contributed by atoms with van der Waals surface area (Å²) in [7, 11) is 0. The molecule has 3 saturated heterocycles. The van der Waals surface area contributed by atoms with Crippen molar-refractivity contribution in [2.75, 3.05) is 23.4 Å². The Balaban J connectivity index is 1.46. The molecule has 4 heterocycles. The van der Waals surface area contributed by atoms with Crippen LogP contribution >= 0.6 is 11.6 Å². The van der Waals surface area contributed by atoms with Crippen molar-refractivity contribution in [2.45, 2.75) is 38.3 Å². The van der Waals surface area contributed by atoms with Crippen molar-refractivity contribution in [1.29, 1.82) is 0 Å². The fourth-order valence-electron chi connectivity index (χ4n) is 6.65. The van der Waals surface area contributed by atoms with E-state index >= 15 is 0 Å². The van der Waals surface area contributed by atoms with Crippen molar-refractivity contribution in [1.82, 2.24) is 4.90 Å². The van der Waals surface area contributed by atoms with Gasteiger partial charge in [0.15, 0.2) is 0 Å². The van der Waals surface area contributed by atoms with E-state index in [0.29, 0.717) is 34.1 Å². The fourth-order valence-corrected chi connectivity index (χ4v) is 6.92. The lowest BCUT2D eigenvalue weighted by Crippen LogP contribution is -2.54. The molecule has 8 nitrogen and oxygen atoms in total. The Morgan fingerprint density at radius 2 is 1.91 bits per heavy atom. The summed E-state index contributed by atoms with van der Waals surface area (Å²) >= 11 is 6.42. The molecule has 0 bridgehead atoms. The van der Waals surface area contributed by atoms with Crippen LogP contribution in [0.4, 0.5) is 11.4 Å². The second kappa shape index (κ2) is 7.63. The zero-order valence-electron chi connectivity index (χ0n) is 19.3. The van der Waals surface area contributed by atoms with Gasteiger partial charge in [0.2, 0.25) is 17.7 Å². The second-order valence-corrected chi connectivity index (χ2v) is 9.99. The first-order chi connectivity index (χ1) is 16.8. The Hall–Kier alpha value is -3.23. The van der Waals surface area contributed by atoms with E-state index in [0.717, 1.165) is 18.4 Å². The van der Waals surface area contributed by atoms with Crippen LogP contribution < -0.4 is 10.2 Å². The van der Waals surface area contributed by atoms with Gasteiger partial charge in [0.25, 0.3) is 0 Å². The molecule has 35 heavy (non-hydrogen) atoms. The highest BCUT2D eigenvalue weighted by atomic mass is 35.5. The molecule has 0 aromatic heterocycles. The van der Waals surface area contributed by atoms with Gasteiger partial charge in [-0.2, -0.15) is 0 Å². The van der Waals surface area contributed by atoms with Gasteiger partial charge in [-0.3, -0.25) is 19.3 Å². The van der Waals surface area contributed by atoms with Crippen molar-refractivity contribution in [3.63, 3.8) is 0 Å². The smallest absolute Gasteiger partial charge is 0.338 e. The first kappa shape index (κ1) is 22.2. The maximum atomic E-state index is 14.0. The molecule has 180 valence electrons. The average Bonchev–Trinajstić information content (AvgIpc) is 3.53. The summed E-state index contributed by atoms with van der Waals surface area (Å²) in [5.41, 5.74) is 1.60. The van der Waals surface area contributed by atoms with Crippen LogP contribution in [0.3, 0.4) is 0 Å². The number of anilines is 2. The molecule has 3 fully saturated rings. The number of amides is 3. The number of fused-ring (bicyclic) bond motifs is 7. The number of aryl methyl sites for hydroxylation is 1. The number of imide groups is 1. The fraction of sp³-hybridized carbons (Fsp3) is 0.385. The third-order valence-electron chi connectivity index (χ3n) is 7.90. The van der Waals surface area contributed by atoms with Crippen LogP contribution in [0.25, 0.3) is 0 Å². The average molecular weight is 494 g/mol. The quantitative estimate of drug-likeness (QED) is 0.521. The van der Waals surface area contributed by atoms with Gasteiger partial charge >= 0.3 is 5.97 Å². The van der Waals surface area contributed by atoms with Gasteiger partial charge in [-0.05, 0) is 75.2 Å². The first-order valence-electron chi connectivity index (χ1n) is 11.8. The molecule has 6 rings (SSSR count). The summed E-state index contributed by atoms with van der Waals surface area (Å²) in [5.74, 6) is -2.95. The number of nitrogens with zero attached hydrogens (tertiary/aromatic N) is 2. The number of hydrogen-bond donors (Lipinski definition) is 1. The number of ether oxygens (including phenoxy) is 1. The van der Waals surface area contributed by atoms with Crippen LogP contribution in [0, 0.1) is 18.8 Å². The van der Waals surface area contributed by atoms with Crippen LogP contribution in [0.2, 0.25) is 5.02 Å². The van der Waals surface area contributed by atoms with E-state index in [1.54, 1.807) is 43.3 Å². The van der Waals surface area contributed by atoms with E-state index in [1.807, 2.05) is 6.92 Å². The van der Waals surface area contributed by atoms with E-state index in [1.165, 1.54) is 4.90 Å². The van der Waals surface area contributed by atoms with Gasteiger partial charge in [-0.25, -0.2) is 9.69 Å². The van der Waals surface area contributed by atoms with Crippen LogP contribution in [0.15, 0.2) is 36.4 Å². The minimum absolute atomic E-state index is 0.212. The molecule has 4 aliphatic rings. The summed E-state index contributed by atoms with van der Waals surface area (Å²) in [5, 5.41) is 3.49. The number of carbonyl (C=O) groups is 4. The highest BCUT2D eigenvalue weighted by molar-refractivity contribution is 6.31. The van der Waals surface area contributed by atoms with Gasteiger partial charge in [0.1, 0.15) is 5.54 Å². The third kappa shape index (κ3) is 2.78. The number of rotatable bonds is 3. The van der Waals surface area contributed by atoms with E-state index in [-0.39, 0.29) is 24.5 Å². The molecule has 4 atom stereocenters. The zero-order chi connectivity index (χ0) is 24.6. The maximum absolute atomic E-state index is 14.0. The van der Waals surface area contributed by atoms with Crippen molar-refractivity contribution < 1.29 is 23.9 Å². The van der Waals surface area contributed by atoms with Gasteiger partial charge in [-0.1, -0.05) is 11.6 Å². The number of nitrogens with one attached hydrogen (secondary N) is 1. The Labute approximate surface area is 207 Å². The standard InChI is InChI=1S/C26H24ClN3O5/c1-3-35-24(33)14-6-8-16(9-7-14)30-22(31)19-18-5-4-10-29(18)26(20(19)23(30)32)17-12-15(27)11-13(2)21(17)28-25(26)34/h6-9,11-12,18-20H,3-5,10H2,1-2H3,(H,28,34)/t18-,19+,20+,26+/m0/s1. The van der Waals surface area contributed by atoms with Crippen LogP contribution in [0.1, 0.15) is 41.3 Å². The normalized spacial score (nSPS) is 28.9. The molecular formula is C26H24ClN3O5. The summed E-state index contributed by atoms with van der Waals surface area (Å²) in [6.45, 7) is 4.47. The van der Waals surface area contributed by atoms with Crippen LogP contribution in [-0.2, 0) is 24.7 Å². The van der Waals surface area contributed by atoms with Gasteiger partial charge in [-0.15, -0.1) is 0 Å². The topological polar surface area (TPSA) is 96.0 Å². The van der Waals surface area contributed by atoms with E-state index < -0.39 is 29.3 Å². The number of esters is 1.